The third-order valence-corrected chi connectivity index (χ3v) is 1.55. The SMILES string of the molecule is CCN1CCOCC1.CS. The molecule has 1 rings (SSSR count). The number of morpholine rings is 1. The molecule has 0 amide bonds. The third-order valence-electron chi connectivity index (χ3n) is 1.55. The molecular weight excluding hydrogens is 146 g/mol. The minimum absolute atomic E-state index is 0.924. The molecule has 62 valence electrons. The van der Waals surface area contributed by atoms with E-state index in [1.807, 2.05) is 0 Å². The molecule has 0 unspecified atom stereocenters. The van der Waals surface area contributed by atoms with Crippen molar-refractivity contribution in [2.75, 3.05) is 39.1 Å². The lowest BCUT2D eigenvalue weighted by Crippen LogP contribution is -2.35. The van der Waals surface area contributed by atoms with Crippen molar-refractivity contribution in [1.29, 1.82) is 0 Å². The van der Waals surface area contributed by atoms with Crippen LogP contribution in [-0.4, -0.2) is 44.0 Å². The first-order chi connectivity index (χ1) is 4.93. The van der Waals surface area contributed by atoms with Gasteiger partial charge in [0.25, 0.3) is 0 Å². The summed E-state index contributed by atoms with van der Waals surface area (Å²) in [5.74, 6) is 0. The van der Waals surface area contributed by atoms with Crippen molar-refractivity contribution in [3.8, 4) is 0 Å². The summed E-state index contributed by atoms with van der Waals surface area (Å²) in [6, 6.07) is 0. The van der Waals surface area contributed by atoms with Gasteiger partial charge in [-0.1, -0.05) is 6.92 Å². The molecular formula is C7H17NOS. The van der Waals surface area contributed by atoms with E-state index in [9.17, 15) is 0 Å². The van der Waals surface area contributed by atoms with E-state index in [-0.39, 0.29) is 0 Å². The zero-order valence-corrected chi connectivity index (χ0v) is 7.73. The van der Waals surface area contributed by atoms with E-state index in [4.69, 9.17) is 4.74 Å². The van der Waals surface area contributed by atoms with Gasteiger partial charge < -0.3 is 4.74 Å². The number of nitrogens with zero attached hydrogens (tertiary/aromatic N) is 1. The molecule has 0 spiro atoms. The second-order valence-corrected chi connectivity index (χ2v) is 2.05. The molecule has 0 radical (unpaired) electrons. The van der Waals surface area contributed by atoms with Crippen LogP contribution in [0.15, 0.2) is 0 Å². The fraction of sp³-hybridized carbons (Fsp3) is 1.00. The molecule has 0 atom stereocenters. The van der Waals surface area contributed by atoms with Crippen LogP contribution < -0.4 is 0 Å². The molecule has 0 aliphatic carbocycles. The highest BCUT2D eigenvalue weighted by Crippen LogP contribution is 1.93. The van der Waals surface area contributed by atoms with E-state index < -0.39 is 0 Å². The van der Waals surface area contributed by atoms with E-state index in [2.05, 4.69) is 24.5 Å². The number of hydrogen-bond donors (Lipinski definition) is 1. The largest absolute Gasteiger partial charge is 0.379 e. The number of thiol groups is 1. The second kappa shape index (κ2) is 7.38. The molecule has 0 aromatic heterocycles. The van der Waals surface area contributed by atoms with Crippen LogP contribution in [0.25, 0.3) is 0 Å². The smallest absolute Gasteiger partial charge is 0.0594 e. The quantitative estimate of drug-likeness (QED) is 0.576. The molecule has 2 nitrogen and oxygen atoms in total. The maximum atomic E-state index is 5.16. The number of ether oxygens (including phenoxy) is 1. The molecule has 0 saturated carbocycles. The summed E-state index contributed by atoms with van der Waals surface area (Å²) in [6.45, 7) is 7.45. The minimum Gasteiger partial charge on any atom is -0.379 e. The molecule has 0 aromatic rings. The molecule has 1 fully saturated rings. The Bertz CT molecular complexity index is 64.6. The highest BCUT2D eigenvalue weighted by Gasteiger charge is 2.05. The lowest BCUT2D eigenvalue weighted by molar-refractivity contribution is 0.0405. The highest BCUT2D eigenvalue weighted by molar-refractivity contribution is 7.79. The van der Waals surface area contributed by atoms with Crippen LogP contribution in [0.1, 0.15) is 6.92 Å². The molecule has 0 N–H and O–H groups in total. The van der Waals surface area contributed by atoms with Crippen molar-refractivity contribution in [1.82, 2.24) is 4.90 Å². The van der Waals surface area contributed by atoms with Crippen LogP contribution in [0.2, 0.25) is 0 Å². The van der Waals surface area contributed by atoms with Crippen molar-refractivity contribution >= 4 is 12.6 Å². The van der Waals surface area contributed by atoms with Crippen LogP contribution in [0, 0.1) is 0 Å². The molecule has 3 heteroatoms. The fourth-order valence-corrected chi connectivity index (χ4v) is 0.917. The topological polar surface area (TPSA) is 12.5 Å². The molecule has 1 aliphatic rings. The van der Waals surface area contributed by atoms with Gasteiger partial charge in [-0.3, -0.25) is 4.90 Å². The Morgan fingerprint density at radius 1 is 1.30 bits per heavy atom. The maximum Gasteiger partial charge on any atom is 0.0594 e. The van der Waals surface area contributed by atoms with Gasteiger partial charge in [-0.15, -0.1) is 0 Å². The molecule has 1 aliphatic heterocycles. The summed E-state index contributed by atoms with van der Waals surface area (Å²) in [5.41, 5.74) is 0. The zero-order valence-electron chi connectivity index (χ0n) is 6.84. The van der Waals surface area contributed by atoms with Gasteiger partial charge in [0.1, 0.15) is 0 Å². The van der Waals surface area contributed by atoms with Gasteiger partial charge in [0.2, 0.25) is 0 Å². The van der Waals surface area contributed by atoms with Crippen molar-refractivity contribution in [2.24, 2.45) is 0 Å². The lowest BCUT2D eigenvalue weighted by Gasteiger charge is -2.24. The molecule has 0 aromatic carbocycles. The summed E-state index contributed by atoms with van der Waals surface area (Å²) >= 11 is 3.53. The Morgan fingerprint density at radius 2 is 1.80 bits per heavy atom. The van der Waals surface area contributed by atoms with Crippen molar-refractivity contribution in [3.05, 3.63) is 0 Å². The van der Waals surface area contributed by atoms with E-state index in [1.165, 1.54) is 6.54 Å². The number of rotatable bonds is 1. The van der Waals surface area contributed by atoms with Gasteiger partial charge in [-0.05, 0) is 12.8 Å². The molecule has 0 bridgehead atoms. The van der Waals surface area contributed by atoms with E-state index in [0.29, 0.717) is 0 Å². The Balaban J connectivity index is 0.000000371. The maximum absolute atomic E-state index is 5.16. The summed E-state index contributed by atoms with van der Waals surface area (Å²) < 4.78 is 5.16. The van der Waals surface area contributed by atoms with Gasteiger partial charge in [0.15, 0.2) is 0 Å². The monoisotopic (exact) mass is 163 g/mol. The Hall–Kier alpha value is 0.270. The van der Waals surface area contributed by atoms with Gasteiger partial charge in [0, 0.05) is 13.1 Å². The first kappa shape index (κ1) is 10.3. The highest BCUT2D eigenvalue weighted by atomic mass is 32.1. The predicted molar refractivity (Wildman–Crippen MR) is 47.8 cm³/mol. The molecule has 1 heterocycles. The fourth-order valence-electron chi connectivity index (χ4n) is 0.917. The van der Waals surface area contributed by atoms with Crippen LogP contribution in [0.5, 0.6) is 0 Å². The predicted octanol–water partition coefficient (Wildman–Crippen LogP) is 0.884. The van der Waals surface area contributed by atoms with Crippen LogP contribution in [0.3, 0.4) is 0 Å². The van der Waals surface area contributed by atoms with Gasteiger partial charge in [-0.2, -0.15) is 12.6 Å². The Morgan fingerprint density at radius 3 is 2.10 bits per heavy atom. The van der Waals surface area contributed by atoms with E-state index in [0.717, 1.165) is 26.3 Å². The van der Waals surface area contributed by atoms with Crippen molar-refractivity contribution < 1.29 is 4.74 Å². The van der Waals surface area contributed by atoms with Crippen molar-refractivity contribution in [2.45, 2.75) is 6.92 Å². The van der Waals surface area contributed by atoms with Gasteiger partial charge >= 0.3 is 0 Å². The molecule has 1 saturated heterocycles. The second-order valence-electron chi connectivity index (χ2n) is 2.05. The lowest BCUT2D eigenvalue weighted by atomic mass is 10.4. The minimum atomic E-state index is 0.924. The average molecular weight is 163 g/mol. The zero-order chi connectivity index (χ0) is 7.82. The number of likely N-dealkylation sites (N-methyl/N-ethyl adjacent to an activating group) is 1. The summed E-state index contributed by atoms with van der Waals surface area (Å²) in [6.07, 6.45) is 1.69. The average Bonchev–Trinajstić information content (AvgIpc) is 2.10. The Labute approximate surface area is 69.0 Å². The first-order valence-electron chi connectivity index (χ1n) is 3.68. The van der Waals surface area contributed by atoms with Gasteiger partial charge in [0.05, 0.1) is 13.2 Å². The Kier molecular flexibility index (Phi) is 7.58. The normalized spacial score (nSPS) is 19.5. The first-order valence-corrected chi connectivity index (χ1v) is 4.57. The third kappa shape index (κ3) is 4.14. The van der Waals surface area contributed by atoms with Crippen molar-refractivity contribution in [3.63, 3.8) is 0 Å². The van der Waals surface area contributed by atoms with Gasteiger partial charge in [-0.25, -0.2) is 0 Å². The summed E-state index contributed by atoms with van der Waals surface area (Å²) in [5, 5.41) is 0. The standard InChI is InChI=1S/C6H13NO.CH4S/c1-2-7-3-5-8-6-4-7;1-2/h2-6H2,1H3;2H,1H3. The van der Waals surface area contributed by atoms with E-state index in [1.54, 1.807) is 6.26 Å². The van der Waals surface area contributed by atoms with Crippen LogP contribution >= 0.6 is 12.6 Å². The number of hydrogen-bond acceptors (Lipinski definition) is 3. The van der Waals surface area contributed by atoms with E-state index >= 15 is 0 Å². The summed E-state index contributed by atoms with van der Waals surface area (Å²) in [7, 11) is 0. The molecule has 10 heavy (non-hydrogen) atoms. The van der Waals surface area contributed by atoms with Crippen LogP contribution in [0.4, 0.5) is 0 Å². The van der Waals surface area contributed by atoms with Crippen LogP contribution in [-0.2, 0) is 4.74 Å². The summed E-state index contributed by atoms with van der Waals surface area (Å²) in [4.78, 5) is 2.39.